The molecular formula is C20H30N4O2. The molecule has 2 heterocycles. The van der Waals surface area contributed by atoms with Gasteiger partial charge in [0.05, 0.1) is 13.1 Å². The SMILES string of the molecule is CC(C)CNC(=O)CN1CCN(CC(=O)N2CCc3ccccc32)CC1. The van der Waals surface area contributed by atoms with Gasteiger partial charge >= 0.3 is 0 Å². The Morgan fingerprint density at radius 3 is 2.35 bits per heavy atom. The van der Waals surface area contributed by atoms with Crippen molar-refractivity contribution in [2.24, 2.45) is 5.92 Å². The molecule has 142 valence electrons. The predicted molar refractivity (Wildman–Crippen MR) is 103 cm³/mol. The molecule has 0 spiro atoms. The van der Waals surface area contributed by atoms with Gasteiger partial charge in [0, 0.05) is 45.0 Å². The monoisotopic (exact) mass is 358 g/mol. The van der Waals surface area contributed by atoms with E-state index in [9.17, 15) is 9.59 Å². The molecule has 2 amide bonds. The van der Waals surface area contributed by atoms with Gasteiger partial charge in [-0.15, -0.1) is 0 Å². The van der Waals surface area contributed by atoms with Crippen LogP contribution in [0.25, 0.3) is 0 Å². The molecule has 1 aromatic rings. The van der Waals surface area contributed by atoms with E-state index in [-0.39, 0.29) is 11.8 Å². The second kappa shape index (κ2) is 8.64. The van der Waals surface area contributed by atoms with Crippen LogP contribution in [0.3, 0.4) is 0 Å². The molecule has 0 radical (unpaired) electrons. The Kier molecular flexibility index (Phi) is 6.27. The topological polar surface area (TPSA) is 55.9 Å². The van der Waals surface area contributed by atoms with Crippen LogP contribution >= 0.6 is 0 Å². The first-order valence-electron chi connectivity index (χ1n) is 9.62. The van der Waals surface area contributed by atoms with Gasteiger partial charge in [0.25, 0.3) is 0 Å². The van der Waals surface area contributed by atoms with Crippen LogP contribution in [0.5, 0.6) is 0 Å². The van der Waals surface area contributed by atoms with Gasteiger partial charge in [0.2, 0.25) is 11.8 Å². The summed E-state index contributed by atoms with van der Waals surface area (Å²) in [6.45, 7) is 9.94. The Hall–Kier alpha value is -1.92. The van der Waals surface area contributed by atoms with E-state index in [4.69, 9.17) is 0 Å². The van der Waals surface area contributed by atoms with Crippen molar-refractivity contribution in [3.05, 3.63) is 29.8 Å². The molecule has 6 nitrogen and oxygen atoms in total. The van der Waals surface area contributed by atoms with Crippen LogP contribution in [0.2, 0.25) is 0 Å². The largest absolute Gasteiger partial charge is 0.355 e. The number of carbonyl (C=O) groups is 2. The first-order valence-corrected chi connectivity index (χ1v) is 9.62. The van der Waals surface area contributed by atoms with Crippen molar-refractivity contribution in [2.45, 2.75) is 20.3 Å². The van der Waals surface area contributed by atoms with E-state index < -0.39 is 0 Å². The number of amides is 2. The fraction of sp³-hybridized carbons (Fsp3) is 0.600. The molecule has 0 atom stereocenters. The maximum absolute atomic E-state index is 12.7. The summed E-state index contributed by atoms with van der Waals surface area (Å²) in [6, 6.07) is 8.16. The molecule has 1 aromatic carbocycles. The fourth-order valence-electron chi connectivity index (χ4n) is 3.56. The molecule has 0 aromatic heterocycles. The number of nitrogens with zero attached hydrogens (tertiary/aromatic N) is 3. The lowest BCUT2D eigenvalue weighted by atomic mass is 10.2. The number of fused-ring (bicyclic) bond motifs is 1. The molecule has 3 rings (SSSR count). The third-order valence-electron chi connectivity index (χ3n) is 5.09. The minimum atomic E-state index is 0.0944. The average molecular weight is 358 g/mol. The van der Waals surface area contributed by atoms with E-state index in [0.29, 0.717) is 19.0 Å². The highest BCUT2D eigenvalue weighted by atomic mass is 16.2. The van der Waals surface area contributed by atoms with Gasteiger partial charge < -0.3 is 10.2 Å². The number of nitrogens with one attached hydrogen (secondary N) is 1. The van der Waals surface area contributed by atoms with Crippen molar-refractivity contribution >= 4 is 17.5 Å². The van der Waals surface area contributed by atoms with Crippen molar-refractivity contribution in [2.75, 3.05) is 57.3 Å². The smallest absolute Gasteiger partial charge is 0.241 e. The Labute approximate surface area is 156 Å². The summed E-state index contributed by atoms with van der Waals surface area (Å²) in [5, 5.41) is 2.96. The van der Waals surface area contributed by atoms with Crippen molar-refractivity contribution in [3.8, 4) is 0 Å². The van der Waals surface area contributed by atoms with Gasteiger partial charge in [-0.25, -0.2) is 0 Å². The van der Waals surface area contributed by atoms with Gasteiger partial charge in [-0.3, -0.25) is 19.4 Å². The highest BCUT2D eigenvalue weighted by Gasteiger charge is 2.27. The molecule has 26 heavy (non-hydrogen) atoms. The maximum atomic E-state index is 12.7. The normalized spacial score (nSPS) is 18.2. The van der Waals surface area contributed by atoms with E-state index in [0.717, 1.165) is 51.4 Å². The Bertz CT molecular complexity index is 638. The minimum absolute atomic E-state index is 0.0944. The molecule has 0 aliphatic carbocycles. The third-order valence-corrected chi connectivity index (χ3v) is 5.09. The maximum Gasteiger partial charge on any atom is 0.241 e. The van der Waals surface area contributed by atoms with E-state index in [1.54, 1.807) is 0 Å². The third kappa shape index (κ3) is 4.83. The lowest BCUT2D eigenvalue weighted by molar-refractivity contribution is -0.124. The van der Waals surface area contributed by atoms with Crippen LogP contribution < -0.4 is 10.2 Å². The minimum Gasteiger partial charge on any atom is -0.355 e. The van der Waals surface area contributed by atoms with E-state index in [1.165, 1.54) is 5.56 Å². The molecule has 0 unspecified atom stereocenters. The van der Waals surface area contributed by atoms with Crippen molar-refractivity contribution in [1.29, 1.82) is 0 Å². The number of piperazine rings is 1. The summed E-state index contributed by atoms with van der Waals surface area (Å²) in [7, 11) is 0. The second-order valence-corrected chi connectivity index (χ2v) is 7.67. The summed E-state index contributed by atoms with van der Waals surface area (Å²) in [5.41, 5.74) is 2.33. The number of benzene rings is 1. The van der Waals surface area contributed by atoms with Crippen molar-refractivity contribution in [1.82, 2.24) is 15.1 Å². The molecule has 0 bridgehead atoms. The molecule has 2 aliphatic heterocycles. The second-order valence-electron chi connectivity index (χ2n) is 7.67. The summed E-state index contributed by atoms with van der Waals surface area (Å²) in [6.07, 6.45) is 0.946. The predicted octanol–water partition coefficient (Wildman–Crippen LogP) is 0.966. The lowest BCUT2D eigenvalue weighted by Gasteiger charge is -2.34. The van der Waals surface area contributed by atoms with Gasteiger partial charge in [-0.2, -0.15) is 0 Å². The summed E-state index contributed by atoms with van der Waals surface area (Å²) in [5.74, 6) is 0.743. The standard InChI is InChI=1S/C20H30N4O2/c1-16(2)13-21-19(25)14-22-9-11-23(12-10-22)15-20(26)24-8-7-17-5-3-4-6-18(17)24/h3-6,16H,7-15H2,1-2H3,(H,21,25). The number of para-hydroxylation sites is 1. The Morgan fingerprint density at radius 1 is 1.00 bits per heavy atom. The highest BCUT2D eigenvalue weighted by molar-refractivity contribution is 5.96. The van der Waals surface area contributed by atoms with Crippen LogP contribution in [-0.4, -0.2) is 74.0 Å². The van der Waals surface area contributed by atoms with Crippen LogP contribution in [0.15, 0.2) is 24.3 Å². The Morgan fingerprint density at radius 2 is 1.65 bits per heavy atom. The zero-order valence-corrected chi connectivity index (χ0v) is 15.9. The van der Waals surface area contributed by atoms with E-state index in [1.807, 2.05) is 23.1 Å². The summed E-state index contributed by atoms with van der Waals surface area (Å²) >= 11 is 0. The lowest BCUT2D eigenvalue weighted by Crippen LogP contribution is -2.52. The molecular weight excluding hydrogens is 328 g/mol. The highest BCUT2D eigenvalue weighted by Crippen LogP contribution is 2.27. The fourth-order valence-corrected chi connectivity index (χ4v) is 3.56. The van der Waals surface area contributed by atoms with Crippen molar-refractivity contribution < 1.29 is 9.59 Å². The van der Waals surface area contributed by atoms with Gasteiger partial charge in [-0.05, 0) is 24.0 Å². The summed E-state index contributed by atoms with van der Waals surface area (Å²) in [4.78, 5) is 30.9. The van der Waals surface area contributed by atoms with Crippen LogP contribution in [-0.2, 0) is 16.0 Å². The number of hydrogen-bond acceptors (Lipinski definition) is 4. The zero-order chi connectivity index (χ0) is 18.5. The molecule has 1 N–H and O–H groups in total. The summed E-state index contributed by atoms with van der Waals surface area (Å²) < 4.78 is 0. The zero-order valence-electron chi connectivity index (χ0n) is 15.9. The van der Waals surface area contributed by atoms with Crippen LogP contribution in [0, 0.1) is 5.92 Å². The van der Waals surface area contributed by atoms with E-state index in [2.05, 4.69) is 35.0 Å². The number of rotatable bonds is 6. The van der Waals surface area contributed by atoms with E-state index >= 15 is 0 Å². The first-order chi connectivity index (χ1) is 12.5. The van der Waals surface area contributed by atoms with Gasteiger partial charge in [-0.1, -0.05) is 32.0 Å². The van der Waals surface area contributed by atoms with Crippen LogP contribution in [0.1, 0.15) is 19.4 Å². The Balaban J connectivity index is 1.42. The average Bonchev–Trinajstić information content (AvgIpc) is 3.06. The molecule has 1 fully saturated rings. The number of carbonyl (C=O) groups excluding carboxylic acids is 2. The molecule has 0 saturated carbocycles. The van der Waals surface area contributed by atoms with Crippen LogP contribution in [0.4, 0.5) is 5.69 Å². The number of hydrogen-bond donors (Lipinski definition) is 1. The molecule has 2 aliphatic rings. The number of anilines is 1. The van der Waals surface area contributed by atoms with Gasteiger partial charge in [0.1, 0.15) is 0 Å². The molecule has 1 saturated heterocycles. The quantitative estimate of drug-likeness (QED) is 0.823. The first kappa shape index (κ1) is 18.9. The van der Waals surface area contributed by atoms with Crippen molar-refractivity contribution in [3.63, 3.8) is 0 Å². The molecule has 6 heteroatoms. The van der Waals surface area contributed by atoms with Gasteiger partial charge in [0.15, 0.2) is 0 Å².